The summed E-state index contributed by atoms with van der Waals surface area (Å²) in [6.07, 6.45) is 0.582. The van der Waals surface area contributed by atoms with Crippen LogP contribution in [0.2, 0.25) is 0 Å². The molecule has 0 unspecified atom stereocenters. The van der Waals surface area contributed by atoms with Gasteiger partial charge in [0.25, 0.3) is 5.79 Å². The molecule has 1 fully saturated rings. The Bertz CT molecular complexity index is 427. The van der Waals surface area contributed by atoms with Gasteiger partial charge in [-0.15, -0.1) is 0 Å². The van der Waals surface area contributed by atoms with Crippen molar-refractivity contribution in [3.63, 3.8) is 0 Å². The molecule has 0 spiro atoms. The van der Waals surface area contributed by atoms with Gasteiger partial charge in [0.05, 0.1) is 5.56 Å². The van der Waals surface area contributed by atoms with Crippen molar-refractivity contribution in [2.45, 2.75) is 18.6 Å². The third-order valence-electron chi connectivity index (χ3n) is 2.62. The summed E-state index contributed by atoms with van der Waals surface area (Å²) >= 11 is 0. The maximum atomic E-state index is 13.8. The van der Waals surface area contributed by atoms with Crippen molar-refractivity contribution >= 4 is 11.9 Å². The molecule has 1 heterocycles. The van der Waals surface area contributed by atoms with Crippen LogP contribution in [0.5, 0.6) is 0 Å². The van der Waals surface area contributed by atoms with E-state index in [-0.39, 0.29) is 12.0 Å². The Balaban J connectivity index is 2.02. The van der Waals surface area contributed by atoms with Gasteiger partial charge in [-0.25, -0.2) is 14.0 Å². The molecule has 0 saturated carbocycles. The third-order valence-corrected chi connectivity index (χ3v) is 2.62. The topological polar surface area (TPSA) is 55.4 Å². The third kappa shape index (κ3) is 2.50. The van der Waals surface area contributed by atoms with Gasteiger partial charge < -0.3 is 4.74 Å². The van der Waals surface area contributed by atoms with Crippen molar-refractivity contribution in [3.05, 3.63) is 35.9 Å². The van der Waals surface area contributed by atoms with Gasteiger partial charge in [0.1, 0.15) is 0 Å². The Kier molecular flexibility index (Phi) is 3.19. The SMILES string of the molecule is O=C(OC(=O)[C@]1(F)CCCN1)c1ccccc1. The zero-order valence-electron chi connectivity index (χ0n) is 9.11. The van der Waals surface area contributed by atoms with Crippen molar-refractivity contribution in [2.24, 2.45) is 0 Å². The molecule has 1 aliphatic rings. The molecule has 0 radical (unpaired) electrons. The fourth-order valence-corrected chi connectivity index (χ4v) is 1.68. The first-order valence-corrected chi connectivity index (χ1v) is 5.37. The first-order chi connectivity index (χ1) is 8.12. The Hall–Kier alpha value is -1.75. The number of benzene rings is 1. The standard InChI is InChI=1S/C12H12FNO3/c13-12(7-4-8-14-12)11(16)17-10(15)9-5-2-1-3-6-9/h1-3,5-6,14H,4,7-8H2/t12-/m0/s1. The van der Waals surface area contributed by atoms with Crippen LogP contribution in [-0.2, 0) is 9.53 Å². The molecular formula is C12H12FNO3. The molecule has 1 aromatic rings. The molecule has 1 saturated heterocycles. The number of halogens is 1. The van der Waals surface area contributed by atoms with E-state index in [1.54, 1.807) is 18.2 Å². The van der Waals surface area contributed by atoms with Crippen LogP contribution in [0.15, 0.2) is 30.3 Å². The van der Waals surface area contributed by atoms with Crippen LogP contribution in [0.4, 0.5) is 4.39 Å². The number of hydrogen-bond donors (Lipinski definition) is 1. The van der Waals surface area contributed by atoms with Crippen molar-refractivity contribution < 1.29 is 18.7 Å². The molecule has 17 heavy (non-hydrogen) atoms. The Morgan fingerprint density at radius 1 is 1.29 bits per heavy atom. The number of nitrogens with one attached hydrogen (secondary N) is 1. The number of esters is 2. The normalized spacial score (nSPS) is 23.4. The molecule has 1 aromatic carbocycles. The minimum Gasteiger partial charge on any atom is -0.386 e. The minimum absolute atomic E-state index is 0.0356. The molecule has 90 valence electrons. The summed E-state index contributed by atoms with van der Waals surface area (Å²) < 4.78 is 18.4. The van der Waals surface area contributed by atoms with E-state index in [1.807, 2.05) is 0 Å². The van der Waals surface area contributed by atoms with Crippen LogP contribution in [-0.4, -0.2) is 24.3 Å². The molecule has 2 rings (SSSR count). The fraction of sp³-hybridized carbons (Fsp3) is 0.333. The molecule has 0 bridgehead atoms. The molecule has 1 atom stereocenters. The second-order valence-electron chi connectivity index (χ2n) is 3.87. The largest absolute Gasteiger partial charge is 0.386 e. The maximum Gasteiger partial charge on any atom is 0.367 e. The zero-order valence-corrected chi connectivity index (χ0v) is 9.11. The van der Waals surface area contributed by atoms with Crippen molar-refractivity contribution in [1.29, 1.82) is 0 Å². The predicted molar refractivity (Wildman–Crippen MR) is 57.9 cm³/mol. The second-order valence-corrected chi connectivity index (χ2v) is 3.87. The average molecular weight is 237 g/mol. The Morgan fingerprint density at radius 3 is 2.59 bits per heavy atom. The van der Waals surface area contributed by atoms with E-state index in [2.05, 4.69) is 10.1 Å². The average Bonchev–Trinajstić information content (AvgIpc) is 2.78. The lowest BCUT2D eigenvalue weighted by molar-refractivity contribution is -0.152. The van der Waals surface area contributed by atoms with E-state index in [0.717, 1.165) is 0 Å². The van der Waals surface area contributed by atoms with Crippen LogP contribution >= 0.6 is 0 Å². The molecule has 0 amide bonds. The van der Waals surface area contributed by atoms with E-state index in [0.29, 0.717) is 13.0 Å². The number of hydrogen-bond acceptors (Lipinski definition) is 4. The number of carbonyl (C=O) groups excluding carboxylic acids is 2. The summed E-state index contributed by atoms with van der Waals surface area (Å²) in [4.78, 5) is 23.0. The van der Waals surface area contributed by atoms with Crippen molar-refractivity contribution in [2.75, 3.05) is 6.54 Å². The Labute approximate surface area is 97.8 Å². The van der Waals surface area contributed by atoms with Crippen LogP contribution in [0.3, 0.4) is 0 Å². The van der Waals surface area contributed by atoms with Crippen molar-refractivity contribution in [1.82, 2.24) is 5.32 Å². The maximum absolute atomic E-state index is 13.8. The molecule has 0 aromatic heterocycles. The van der Waals surface area contributed by atoms with Crippen LogP contribution in [0.1, 0.15) is 23.2 Å². The van der Waals surface area contributed by atoms with Crippen LogP contribution in [0, 0.1) is 0 Å². The van der Waals surface area contributed by atoms with E-state index in [1.165, 1.54) is 12.1 Å². The van der Waals surface area contributed by atoms with Gasteiger partial charge in [0.15, 0.2) is 0 Å². The van der Waals surface area contributed by atoms with E-state index < -0.39 is 17.7 Å². The minimum atomic E-state index is -2.22. The summed E-state index contributed by atoms with van der Waals surface area (Å²) in [6, 6.07) is 8.01. The smallest absolute Gasteiger partial charge is 0.367 e. The summed E-state index contributed by atoms with van der Waals surface area (Å²) in [7, 11) is 0. The van der Waals surface area contributed by atoms with Gasteiger partial charge >= 0.3 is 11.9 Å². The Morgan fingerprint density at radius 2 is 2.00 bits per heavy atom. The predicted octanol–water partition coefficient (Wildman–Crippen LogP) is 1.42. The van der Waals surface area contributed by atoms with Gasteiger partial charge in [-0.3, -0.25) is 5.32 Å². The summed E-state index contributed by atoms with van der Waals surface area (Å²) in [6.45, 7) is 0.408. The van der Waals surface area contributed by atoms with Gasteiger partial charge in [0, 0.05) is 6.42 Å². The fourth-order valence-electron chi connectivity index (χ4n) is 1.68. The quantitative estimate of drug-likeness (QED) is 0.480. The molecule has 1 N–H and O–H groups in total. The number of carbonyl (C=O) groups is 2. The summed E-state index contributed by atoms with van der Waals surface area (Å²) in [5, 5.41) is 2.40. The highest BCUT2D eigenvalue weighted by Crippen LogP contribution is 2.22. The van der Waals surface area contributed by atoms with E-state index in [9.17, 15) is 14.0 Å². The molecule has 5 heteroatoms. The van der Waals surface area contributed by atoms with Gasteiger partial charge in [0.2, 0.25) is 0 Å². The lowest BCUT2D eigenvalue weighted by Gasteiger charge is -2.16. The molecule has 0 aliphatic carbocycles. The second kappa shape index (κ2) is 4.63. The van der Waals surface area contributed by atoms with Crippen LogP contribution in [0.25, 0.3) is 0 Å². The van der Waals surface area contributed by atoms with Crippen LogP contribution < -0.4 is 5.32 Å². The van der Waals surface area contributed by atoms with Gasteiger partial charge in [-0.05, 0) is 25.1 Å². The lowest BCUT2D eigenvalue weighted by atomic mass is 10.2. The summed E-state index contributed by atoms with van der Waals surface area (Å²) in [5.41, 5.74) is 0.224. The highest BCUT2D eigenvalue weighted by molar-refractivity contribution is 5.98. The van der Waals surface area contributed by atoms with Crippen molar-refractivity contribution in [3.8, 4) is 0 Å². The van der Waals surface area contributed by atoms with E-state index >= 15 is 0 Å². The molecule has 1 aliphatic heterocycles. The first kappa shape index (κ1) is 11.7. The highest BCUT2D eigenvalue weighted by Gasteiger charge is 2.44. The van der Waals surface area contributed by atoms with Gasteiger partial charge in [-0.1, -0.05) is 18.2 Å². The summed E-state index contributed by atoms with van der Waals surface area (Å²) in [5.74, 6) is -4.21. The van der Waals surface area contributed by atoms with Gasteiger partial charge in [-0.2, -0.15) is 0 Å². The van der Waals surface area contributed by atoms with E-state index in [4.69, 9.17) is 0 Å². The number of alkyl halides is 1. The molecule has 4 nitrogen and oxygen atoms in total. The number of rotatable bonds is 2. The zero-order chi connectivity index (χ0) is 12.3. The highest BCUT2D eigenvalue weighted by atomic mass is 19.1. The number of ether oxygens (including phenoxy) is 1. The molecular weight excluding hydrogens is 225 g/mol. The monoisotopic (exact) mass is 237 g/mol. The first-order valence-electron chi connectivity index (χ1n) is 5.37. The lowest BCUT2D eigenvalue weighted by Crippen LogP contribution is -2.45.